The highest BCUT2D eigenvalue weighted by molar-refractivity contribution is 9.10. The van der Waals surface area contributed by atoms with Crippen LogP contribution in [0.2, 0.25) is 0 Å². The molecule has 1 fully saturated rings. The van der Waals surface area contributed by atoms with Crippen LogP contribution in [0.25, 0.3) is 11.3 Å². The van der Waals surface area contributed by atoms with Crippen molar-refractivity contribution in [3.8, 4) is 17.0 Å². The van der Waals surface area contributed by atoms with E-state index in [1.54, 1.807) is 18.2 Å². The Morgan fingerprint density at radius 1 is 1.18 bits per heavy atom. The number of benzene rings is 2. The van der Waals surface area contributed by atoms with Gasteiger partial charge in [0.2, 0.25) is 0 Å². The van der Waals surface area contributed by atoms with Crippen LogP contribution >= 0.6 is 15.9 Å². The van der Waals surface area contributed by atoms with Gasteiger partial charge in [-0.15, -0.1) is 0 Å². The molecule has 0 amide bonds. The smallest absolute Gasteiger partial charge is 0.314 e. The first-order valence-corrected chi connectivity index (χ1v) is 11.3. The highest BCUT2D eigenvalue weighted by Crippen LogP contribution is 2.52. The Hall–Kier alpha value is -3.07. The molecule has 1 heterocycles. The number of carboxylic acid groups (broad SMARTS) is 1. The predicted octanol–water partition coefficient (Wildman–Crippen LogP) is 5.35. The minimum atomic E-state index is -0.876. The fraction of sp³-hybridized carbons (Fsp3) is 0.292. The van der Waals surface area contributed by atoms with Gasteiger partial charge in [-0.3, -0.25) is 4.79 Å². The third-order valence-electron chi connectivity index (χ3n) is 5.71. The molecule has 4 rings (SSSR count). The van der Waals surface area contributed by atoms with E-state index in [1.165, 1.54) is 18.5 Å². The van der Waals surface area contributed by atoms with Crippen molar-refractivity contribution in [2.24, 2.45) is 0 Å². The zero-order valence-corrected chi connectivity index (χ0v) is 19.5. The van der Waals surface area contributed by atoms with Gasteiger partial charge in [0.15, 0.2) is 0 Å². The number of carboxylic acids is 1. The van der Waals surface area contributed by atoms with E-state index in [2.05, 4.69) is 31.2 Å². The Labute approximate surface area is 198 Å². The van der Waals surface area contributed by atoms with E-state index in [0.29, 0.717) is 46.7 Å². The quantitative estimate of drug-likeness (QED) is 0.397. The molecule has 1 saturated carbocycles. The van der Waals surface area contributed by atoms with E-state index in [1.807, 2.05) is 13.0 Å². The number of anilines is 1. The summed E-state index contributed by atoms with van der Waals surface area (Å²) in [5.74, 6) is -1.02. The van der Waals surface area contributed by atoms with Crippen LogP contribution in [0.5, 0.6) is 5.75 Å². The maximum absolute atomic E-state index is 14.0. The largest absolute Gasteiger partial charge is 0.494 e. The van der Waals surface area contributed by atoms with Crippen molar-refractivity contribution in [2.75, 3.05) is 18.5 Å². The molecule has 9 heteroatoms. The molecule has 0 spiro atoms. The number of nitrogens with zero attached hydrogens (tertiary/aromatic N) is 2. The second-order valence-corrected chi connectivity index (χ2v) is 8.76. The standard InChI is InChI=1S/C24H22BrF2N3O3/c1-2-33-21-9-14(3-4-17(21)24(6-7-24)23(31)32)20-12-22(30-13-29-20)28-8-5-16-18(26)10-15(25)11-19(16)27/h3-4,9-13H,2,5-8H2,1H3,(H,31,32)(H,28,29,30). The molecule has 172 valence electrons. The SMILES string of the molecule is CCOc1cc(-c2cc(NCCc3c(F)cc(Br)cc3F)ncn2)ccc1C1(C(=O)O)CC1. The van der Waals surface area contributed by atoms with Gasteiger partial charge in [0.05, 0.1) is 17.7 Å². The van der Waals surface area contributed by atoms with Crippen molar-refractivity contribution in [3.05, 3.63) is 70.0 Å². The van der Waals surface area contributed by atoms with E-state index in [4.69, 9.17) is 4.74 Å². The van der Waals surface area contributed by atoms with Crippen LogP contribution in [-0.2, 0) is 16.6 Å². The highest BCUT2D eigenvalue weighted by atomic mass is 79.9. The first kappa shape index (κ1) is 23.1. The van der Waals surface area contributed by atoms with Gasteiger partial charge in [-0.1, -0.05) is 28.1 Å². The zero-order valence-electron chi connectivity index (χ0n) is 17.9. The van der Waals surface area contributed by atoms with E-state index in [9.17, 15) is 18.7 Å². The van der Waals surface area contributed by atoms with Crippen LogP contribution in [0.15, 0.2) is 47.2 Å². The molecule has 0 saturated heterocycles. The van der Waals surface area contributed by atoms with E-state index >= 15 is 0 Å². The molecule has 1 aliphatic rings. The van der Waals surface area contributed by atoms with E-state index in [0.717, 1.165) is 5.56 Å². The average Bonchev–Trinajstić information content (AvgIpc) is 3.58. The summed E-state index contributed by atoms with van der Waals surface area (Å²) < 4.78 is 34.1. The molecule has 0 aliphatic heterocycles. The minimum Gasteiger partial charge on any atom is -0.494 e. The molecular formula is C24H22BrF2N3O3. The summed E-state index contributed by atoms with van der Waals surface area (Å²) in [7, 11) is 0. The molecule has 1 aromatic heterocycles. The Morgan fingerprint density at radius 3 is 2.55 bits per heavy atom. The normalized spacial score (nSPS) is 14.1. The van der Waals surface area contributed by atoms with Crippen LogP contribution < -0.4 is 10.1 Å². The number of hydrogen-bond acceptors (Lipinski definition) is 5. The third-order valence-corrected chi connectivity index (χ3v) is 6.16. The number of aromatic nitrogens is 2. The third kappa shape index (κ3) is 4.83. The summed E-state index contributed by atoms with van der Waals surface area (Å²) in [5.41, 5.74) is 1.16. The van der Waals surface area contributed by atoms with Crippen LogP contribution in [-0.4, -0.2) is 34.2 Å². The van der Waals surface area contributed by atoms with Gasteiger partial charge in [-0.05, 0) is 44.4 Å². The maximum Gasteiger partial charge on any atom is 0.314 e. The lowest BCUT2D eigenvalue weighted by Gasteiger charge is -2.17. The Bertz CT molecular complexity index is 1180. The fourth-order valence-corrected chi connectivity index (χ4v) is 4.22. The van der Waals surface area contributed by atoms with Gasteiger partial charge in [0.1, 0.15) is 29.5 Å². The van der Waals surface area contributed by atoms with Gasteiger partial charge in [-0.25, -0.2) is 18.7 Å². The summed E-state index contributed by atoms with van der Waals surface area (Å²) in [5, 5.41) is 12.7. The Morgan fingerprint density at radius 2 is 1.91 bits per heavy atom. The second-order valence-electron chi connectivity index (χ2n) is 7.84. The molecule has 0 unspecified atom stereocenters. The van der Waals surface area contributed by atoms with Crippen molar-refractivity contribution >= 4 is 27.7 Å². The number of carbonyl (C=O) groups is 1. The summed E-state index contributed by atoms with van der Waals surface area (Å²) in [6, 6.07) is 9.59. The number of halogens is 3. The molecule has 2 aromatic carbocycles. The van der Waals surface area contributed by atoms with E-state index < -0.39 is 23.0 Å². The van der Waals surface area contributed by atoms with Crippen LogP contribution in [0.3, 0.4) is 0 Å². The lowest BCUT2D eigenvalue weighted by Crippen LogP contribution is -2.20. The first-order chi connectivity index (χ1) is 15.8. The molecular weight excluding hydrogens is 496 g/mol. The van der Waals surface area contributed by atoms with Gasteiger partial charge in [0, 0.05) is 33.8 Å². The highest BCUT2D eigenvalue weighted by Gasteiger charge is 2.53. The van der Waals surface area contributed by atoms with Crippen LogP contribution in [0.1, 0.15) is 30.9 Å². The summed E-state index contributed by atoms with van der Waals surface area (Å²) in [6.07, 6.45) is 2.71. The van der Waals surface area contributed by atoms with Crippen LogP contribution in [0.4, 0.5) is 14.6 Å². The van der Waals surface area contributed by atoms with Gasteiger partial charge >= 0.3 is 5.97 Å². The molecule has 0 bridgehead atoms. The topological polar surface area (TPSA) is 84.3 Å². The maximum atomic E-state index is 14.0. The van der Waals surface area contributed by atoms with Crippen molar-refractivity contribution in [1.29, 1.82) is 0 Å². The molecule has 33 heavy (non-hydrogen) atoms. The Kier molecular flexibility index (Phi) is 6.60. The number of nitrogens with one attached hydrogen (secondary N) is 1. The lowest BCUT2D eigenvalue weighted by atomic mass is 9.93. The monoisotopic (exact) mass is 517 g/mol. The summed E-state index contributed by atoms with van der Waals surface area (Å²) >= 11 is 3.07. The fourth-order valence-electron chi connectivity index (χ4n) is 3.81. The number of ether oxygens (including phenoxy) is 1. The van der Waals surface area contributed by atoms with Gasteiger partial charge in [-0.2, -0.15) is 0 Å². The molecule has 6 nitrogen and oxygen atoms in total. The minimum absolute atomic E-state index is 0.00404. The molecule has 2 N–H and O–H groups in total. The lowest BCUT2D eigenvalue weighted by molar-refractivity contribution is -0.140. The number of hydrogen-bond donors (Lipinski definition) is 2. The van der Waals surface area contributed by atoms with Crippen molar-refractivity contribution in [1.82, 2.24) is 9.97 Å². The molecule has 1 aliphatic carbocycles. The molecule has 3 aromatic rings. The molecule has 0 atom stereocenters. The van der Waals surface area contributed by atoms with Crippen LogP contribution in [0, 0.1) is 11.6 Å². The van der Waals surface area contributed by atoms with Gasteiger partial charge in [0.25, 0.3) is 0 Å². The van der Waals surface area contributed by atoms with Crippen molar-refractivity contribution in [3.63, 3.8) is 0 Å². The summed E-state index contributed by atoms with van der Waals surface area (Å²) in [6.45, 7) is 2.53. The zero-order chi connectivity index (χ0) is 23.6. The average molecular weight is 518 g/mol. The Balaban J connectivity index is 1.52. The first-order valence-electron chi connectivity index (χ1n) is 10.5. The number of rotatable bonds is 9. The summed E-state index contributed by atoms with van der Waals surface area (Å²) in [4.78, 5) is 20.3. The number of aliphatic carboxylic acids is 1. The van der Waals surface area contributed by atoms with Gasteiger partial charge < -0.3 is 15.2 Å². The predicted molar refractivity (Wildman–Crippen MR) is 123 cm³/mol. The van der Waals surface area contributed by atoms with Crippen molar-refractivity contribution in [2.45, 2.75) is 31.6 Å². The second kappa shape index (κ2) is 9.43. The molecule has 0 radical (unpaired) electrons. The van der Waals surface area contributed by atoms with E-state index in [-0.39, 0.29) is 18.5 Å². The van der Waals surface area contributed by atoms with Crippen molar-refractivity contribution < 1.29 is 23.4 Å².